The van der Waals surface area contributed by atoms with Gasteiger partial charge in [0.25, 0.3) is 0 Å². The average Bonchev–Trinajstić information content (AvgIpc) is 2.37. The summed E-state index contributed by atoms with van der Waals surface area (Å²) in [7, 11) is 0. The van der Waals surface area contributed by atoms with Crippen molar-refractivity contribution in [2.45, 2.75) is 19.9 Å². The minimum atomic E-state index is 0.258. The van der Waals surface area contributed by atoms with Crippen molar-refractivity contribution in [3.05, 3.63) is 69.7 Å². The van der Waals surface area contributed by atoms with Gasteiger partial charge in [-0.15, -0.1) is 0 Å². The SMILES string of the molecule is CCNC(c1cccc(Br)c1)c1ccccc1C. The number of rotatable bonds is 4. The second kappa shape index (κ2) is 6.17. The minimum absolute atomic E-state index is 0.258. The standard InChI is InChI=1S/C16H18BrN/c1-3-18-16(13-8-6-9-14(17)11-13)15-10-5-4-7-12(15)2/h4-11,16,18H,3H2,1-2H3. The zero-order valence-corrected chi connectivity index (χ0v) is 12.4. The second-order valence-corrected chi connectivity index (χ2v) is 5.32. The van der Waals surface area contributed by atoms with Gasteiger partial charge < -0.3 is 5.32 Å². The van der Waals surface area contributed by atoms with Crippen molar-refractivity contribution in [1.82, 2.24) is 5.32 Å². The Morgan fingerprint density at radius 3 is 2.56 bits per heavy atom. The monoisotopic (exact) mass is 303 g/mol. The van der Waals surface area contributed by atoms with E-state index >= 15 is 0 Å². The second-order valence-electron chi connectivity index (χ2n) is 4.40. The fourth-order valence-electron chi connectivity index (χ4n) is 2.21. The van der Waals surface area contributed by atoms with Crippen LogP contribution in [0.3, 0.4) is 0 Å². The summed E-state index contributed by atoms with van der Waals surface area (Å²) in [5.74, 6) is 0. The van der Waals surface area contributed by atoms with E-state index < -0.39 is 0 Å². The summed E-state index contributed by atoms with van der Waals surface area (Å²) in [5.41, 5.74) is 3.96. The number of benzene rings is 2. The molecule has 2 aromatic rings. The van der Waals surface area contributed by atoms with Crippen LogP contribution in [0.25, 0.3) is 0 Å². The van der Waals surface area contributed by atoms with E-state index in [1.807, 2.05) is 0 Å². The van der Waals surface area contributed by atoms with Crippen LogP contribution in [0.2, 0.25) is 0 Å². The summed E-state index contributed by atoms with van der Waals surface area (Å²) in [6.45, 7) is 5.26. The minimum Gasteiger partial charge on any atom is -0.307 e. The predicted molar refractivity (Wildman–Crippen MR) is 80.8 cm³/mol. The Morgan fingerprint density at radius 2 is 1.89 bits per heavy atom. The molecule has 2 rings (SSSR count). The topological polar surface area (TPSA) is 12.0 Å². The van der Waals surface area contributed by atoms with Crippen LogP contribution in [0, 0.1) is 6.92 Å². The third-order valence-electron chi connectivity index (χ3n) is 3.09. The molecule has 1 atom stereocenters. The van der Waals surface area contributed by atoms with Crippen LogP contribution in [-0.2, 0) is 0 Å². The van der Waals surface area contributed by atoms with E-state index in [-0.39, 0.29) is 6.04 Å². The molecule has 2 aromatic carbocycles. The van der Waals surface area contributed by atoms with E-state index in [2.05, 4.69) is 83.6 Å². The molecule has 0 saturated carbocycles. The first-order valence-electron chi connectivity index (χ1n) is 6.26. The van der Waals surface area contributed by atoms with E-state index in [1.165, 1.54) is 16.7 Å². The highest BCUT2D eigenvalue weighted by Gasteiger charge is 2.14. The molecular weight excluding hydrogens is 286 g/mol. The molecule has 1 N–H and O–H groups in total. The number of hydrogen-bond acceptors (Lipinski definition) is 1. The van der Waals surface area contributed by atoms with Crippen molar-refractivity contribution in [3.8, 4) is 0 Å². The van der Waals surface area contributed by atoms with Crippen molar-refractivity contribution in [3.63, 3.8) is 0 Å². The normalized spacial score (nSPS) is 12.4. The Labute approximate surface area is 117 Å². The molecule has 2 heteroatoms. The maximum Gasteiger partial charge on any atom is 0.0579 e. The van der Waals surface area contributed by atoms with Gasteiger partial charge in [0.05, 0.1) is 6.04 Å². The molecule has 0 bridgehead atoms. The fraction of sp³-hybridized carbons (Fsp3) is 0.250. The third kappa shape index (κ3) is 3.01. The van der Waals surface area contributed by atoms with Crippen LogP contribution in [0.15, 0.2) is 53.0 Å². The lowest BCUT2D eigenvalue weighted by Gasteiger charge is -2.21. The number of nitrogens with one attached hydrogen (secondary N) is 1. The van der Waals surface area contributed by atoms with Crippen LogP contribution in [0.5, 0.6) is 0 Å². The van der Waals surface area contributed by atoms with Crippen LogP contribution in [0.4, 0.5) is 0 Å². The van der Waals surface area contributed by atoms with Crippen LogP contribution in [-0.4, -0.2) is 6.54 Å². The van der Waals surface area contributed by atoms with Crippen molar-refractivity contribution < 1.29 is 0 Å². The highest BCUT2D eigenvalue weighted by atomic mass is 79.9. The molecule has 1 nitrogen and oxygen atoms in total. The molecule has 0 saturated heterocycles. The lowest BCUT2D eigenvalue weighted by atomic mass is 9.95. The first-order chi connectivity index (χ1) is 8.72. The lowest BCUT2D eigenvalue weighted by molar-refractivity contribution is 0.627. The highest BCUT2D eigenvalue weighted by Crippen LogP contribution is 2.26. The molecule has 0 fully saturated rings. The smallest absolute Gasteiger partial charge is 0.0579 e. The Bertz CT molecular complexity index is 522. The molecule has 0 heterocycles. The Hall–Kier alpha value is -1.12. The molecule has 0 aromatic heterocycles. The predicted octanol–water partition coefficient (Wildman–Crippen LogP) is 4.46. The molecule has 0 radical (unpaired) electrons. The van der Waals surface area contributed by atoms with Gasteiger partial charge >= 0.3 is 0 Å². The van der Waals surface area contributed by atoms with Gasteiger partial charge in [0, 0.05) is 4.47 Å². The summed E-state index contributed by atoms with van der Waals surface area (Å²) >= 11 is 3.54. The lowest BCUT2D eigenvalue weighted by Crippen LogP contribution is -2.22. The molecular formula is C16H18BrN. The summed E-state index contributed by atoms with van der Waals surface area (Å²) in [4.78, 5) is 0. The van der Waals surface area contributed by atoms with E-state index in [0.717, 1.165) is 11.0 Å². The van der Waals surface area contributed by atoms with Gasteiger partial charge in [-0.25, -0.2) is 0 Å². The van der Waals surface area contributed by atoms with E-state index in [4.69, 9.17) is 0 Å². The maximum absolute atomic E-state index is 3.56. The third-order valence-corrected chi connectivity index (χ3v) is 3.58. The molecule has 94 valence electrons. The first kappa shape index (κ1) is 13.3. The van der Waals surface area contributed by atoms with Gasteiger partial charge in [-0.05, 0) is 42.3 Å². The largest absolute Gasteiger partial charge is 0.307 e. The first-order valence-corrected chi connectivity index (χ1v) is 7.06. The van der Waals surface area contributed by atoms with Gasteiger partial charge in [-0.3, -0.25) is 0 Å². The summed E-state index contributed by atoms with van der Waals surface area (Å²) < 4.78 is 1.12. The molecule has 0 aliphatic heterocycles. The molecule has 0 aliphatic carbocycles. The molecule has 1 unspecified atom stereocenters. The van der Waals surface area contributed by atoms with Crippen molar-refractivity contribution in [2.24, 2.45) is 0 Å². The van der Waals surface area contributed by atoms with Crippen molar-refractivity contribution in [2.75, 3.05) is 6.54 Å². The summed E-state index contributed by atoms with van der Waals surface area (Å²) in [5, 5.41) is 3.56. The zero-order valence-electron chi connectivity index (χ0n) is 10.8. The molecule has 0 aliphatic rings. The van der Waals surface area contributed by atoms with Gasteiger partial charge in [-0.2, -0.15) is 0 Å². The number of halogens is 1. The Kier molecular flexibility index (Phi) is 4.56. The van der Waals surface area contributed by atoms with Gasteiger partial charge in [0.15, 0.2) is 0 Å². The van der Waals surface area contributed by atoms with E-state index in [9.17, 15) is 0 Å². The molecule has 0 amide bonds. The van der Waals surface area contributed by atoms with Crippen LogP contribution >= 0.6 is 15.9 Å². The zero-order chi connectivity index (χ0) is 13.0. The average molecular weight is 304 g/mol. The van der Waals surface area contributed by atoms with Crippen LogP contribution in [0.1, 0.15) is 29.7 Å². The van der Waals surface area contributed by atoms with E-state index in [1.54, 1.807) is 0 Å². The summed E-state index contributed by atoms with van der Waals surface area (Å²) in [6.07, 6.45) is 0. The summed E-state index contributed by atoms with van der Waals surface area (Å²) in [6, 6.07) is 17.3. The Morgan fingerprint density at radius 1 is 1.11 bits per heavy atom. The molecule has 0 spiro atoms. The van der Waals surface area contributed by atoms with Crippen LogP contribution < -0.4 is 5.32 Å². The number of hydrogen-bond donors (Lipinski definition) is 1. The number of aryl methyl sites for hydroxylation is 1. The highest BCUT2D eigenvalue weighted by molar-refractivity contribution is 9.10. The van der Waals surface area contributed by atoms with E-state index in [0.29, 0.717) is 0 Å². The Balaban J connectivity index is 2.43. The van der Waals surface area contributed by atoms with Gasteiger partial charge in [-0.1, -0.05) is 59.3 Å². The van der Waals surface area contributed by atoms with Gasteiger partial charge in [0.2, 0.25) is 0 Å². The quantitative estimate of drug-likeness (QED) is 0.879. The fourth-order valence-corrected chi connectivity index (χ4v) is 2.63. The maximum atomic E-state index is 3.56. The van der Waals surface area contributed by atoms with Crippen molar-refractivity contribution in [1.29, 1.82) is 0 Å². The molecule has 18 heavy (non-hydrogen) atoms. The van der Waals surface area contributed by atoms with Gasteiger partial charge in [0.1, 0.15) is 0 Å². The van der Waals surface area contributed by atoms with Crippen molar-refractivity contribution >= 4 is 15.9 Å².